The lowest BCUT2D eigenvalue weighted by atomic mass is 10.1. The molecule has 0 saturated carbocycles. The molecule has 1 aliphatic rings. The Hall–Kier alpha value is -4.44. The third-order valence-electron chi connectivity index (χ3n) is 6.35. The summed E-state index contributed by atoms with van der Waals surface area (Å²) in [5, 5.41) is 13.2. The van der Waals surface area contributed by atoms with E-state index < -0.39 is 6.09 Å². The van der Waals surface area contributed by atoms with Gasteiger partial charge in [-0.15, -0.1) is 0 Å². The molecule has 5 rings (SSSR count). The van der Waals surface area contributed by atoms with Gasteiger partial charge in [0.05, 0.1) is 18.5 Å². The summed E-state index contributed by atoms with van der Waals surface area (Å²) in [7, 11) is 0. The molecule has 38 heavy (non-hydrogen) atoms. The van der Waals surface area contributed by atoms with Crippen LogP contribution in [0.2, 0.25) is 0 Å². The lowest BCUT2D eigenvalue weighted by Crippen LogP contribution is -2.31. The van der Waals surface area contributed by atoms with Crippen LogP contribution in [0.4, 0.5) is 27.9 Å². The molecule has 3 heterocycles. The van der Waals surface area contributed by atoms with Gasteiger partial charge >= 0.3 is 6.09 Å². The number of likely N-dealkylation sites (tertiary alicyclic amines) is 1. The van der Waals surface area contributed by atoms with E-state index in [4.69, 9.17) is 9.15 Å². The Morgan fingerprint density at radius 2 is 1.89 bits per heavy atom. The van der Waals surface area contributed by atoms with E-state index in [1.54, 1.807) is 24.3 Å². The van der Waals surface area contributed by atoms with Crippen molar-refractivity contribution in [1.29, 1.82) is 0 Å². The van der Waals surface area contributed by atoms with E-state index >= 15 is 0 Å². The number of para-hydroxylation sites is 1. The van der Waals surface area contributed by atoms with Crippen LogP contribution in [0.1, 0.15) is 25.7 Å². The zero-order valence-electron chi connectivity index (χ0n) is 21.0. The van der Waals surface area contributed by atoms with Crippen molar-refractivity contribution in [2.75, 3.05) is 36.5 Å². The summed E-state index contributed by atoms with van der Waals surface area (Å²) in [5.41, 5.74) is 1.72. The van der Waals surface area contributed by atoms with E-state index in [9.17, 15) is 9.90 Å². The SMILES string of the molecule is O=C(O)N(c1ccnc(Nc2ccc(OCCCN3CCCCC3)cc2)n1)c1ccccc1-c1cnco1. The summed E-state index contributed by atoms with van der Waals surface area (Å²) in [5.74, 6) is 1.70. The zero-order chi connectivity index (χ0) is 26.2. The standard InChI is InChI=1S/C28H30N6O4/c35-28(36)34(24-8-3-2-7-23(24)25-19-29-20-38-25)26-13-14-30-27(32-26)31-21-9-11-22(12-10-21)37-18-6-17-33-15-4-1-5-16-33/h2-3,7-14,19-20H,1,4-6,15-18H2,(H,35,36)(H,30,31,32). The number of aromatic nitrogens is 3. The Morgan fingerprint density at radius 1 is 1.08 bits per heavy atom. The minimum absolute atomic E-state index is 0.190. The van der Waals surface area contributed by atoms with Crippen molar-refractivity contribution in [1.82, 2.24) is 19.9 Å². The molecule has 1 fully saturated rings. The number of hydrogen-bond donors (Lipinski definition) is 2. The van der Waals surface area contributed by atoms with Crippen molar-refractivity contribution in [2.45, 2.75) is 25.7 Å². The smallest absolute Gasteiger partial charge is 0.417 e. The van der Waals surface area contributed by atoms with Crippen LogP contribution in [0.15, 0.2) is 77.8 Å². The number of carboxylic acid groups (broad SMARTS) is 1. The van der Waals surface area contributed by atoms with Gasteiger partial charge in [0.15, 0.2) is 12.2 Å². The molecule has 0 unspecified atom stereocenters. The molecular formula is C28H30N6O4. The second-order valence-corrected chi connectivity index (χ2v) is 8.99. The van der Waals surface area contributed by atoms with Gasteiger partial charge in [0.1, 0.15) is 11.6 Å². The highest BCUT2D eigenvalue weighted by Crippen LogP contribution is 2.34. The molecule has 1 aliphatic heterocycles. The van der Waals surface area contributed by atoms with Crippen molar-refractivity contribution < 1.29 is 19.1 Å². The van der Waals surface area contributed by atoms with Crippen molar-refractivity contribution in [3.8, 4) is 17.1 Å². The van der Waals surface area contributed by atoms with E-state index in [-0.39, 0.29) is 11.8 Å². The molecule has 4 aromatic rings. The lowest BCUT2D eigenvalue weighted by Gasteiger charge is -2.26. The first-order valence-corrected chi connectivity index (χ1v) is 12.7. The van der Waals surface area contributed by atoms with Crippen LogP contribution >= 0.6 is 0 Å². The first kappa shape index (κ1) is 25.2. The third kappa shape index (κ3) is 6.27. The fourth-order valence-corrected chi connectivity index (χ4v) is 4.51. The average Bonchev–Trinajstić information content (AvgIpc) is 3.48. The Labute approximate surface area is 220 Å². The van der Waals surface area contributed by atoms with E-state index in [0.29, 0.717) is 23.6 Å². The number of anilines is 4. The molecule has 196 valence electrons. The van der Waals surface area contributed by atoms with Crippen molar-refractivity contribution in [2.24, 2.45) is 0 Å². The van der Waals surface area contributed by atoms with Gasteiger partial charge in [-0.3, -0.25) is 0 Å². The highest BCUT2D eigenvalue weighted by molar-refractivity contribution is 5.98. The third-order valence-corrected chi connectivity index (χ3v) is 6.35. The maximum Gasteiger partial charge on any atom is 0.417 e. The molecule has 0 bridgehead atoms. The molecule has 0 atom stereocenters. The lowest BCUT2D eigenvalue weighted by molar-refractivity contribution is 0.204. The van der Waals surface area contributed by atoms with Crippen molar-refractivity contribution in [3.05, 3.63) is 73.4 Å². The maximum atomic E-state index is 12.3. The van der Waals surface area contributed by atoms with E-state index in [2.05, 4.69) is 25.2 Å². The number of nitrogens with zero attached hydrogens (tertiary/aromatic N) is 5. The van der Waals surface area contributed by atoms with Gasteiger partial charge in [0.2, 0.25) is 5.95 Å². The van der Waals surface area contributed by atoms with Crippen molar-refractivity contribution in [3.63, 3.8) is 0 Å². The number of carbonyl (C=O) groups is 1. The second kappa shape index (κ2) is 12.2. The number of piperidine rings is 1. The second-order valence-electron chi connectivity index (χ2n) is 8.99. The molecule has 10 heteroatoms. The first-order chi connectivity index (χ1) is 18.7. The van der Waals surface area contributed by atoms with Gasteiger partial charge < -0.3 is 24.5 Å². The number of hydrogen-bond acceptors (Lipinski definition) is 8. The molecule has 0 radical (unpaired) electrons. The number of benzene rings is 2. The van der Waals surface area contributed by atoms with Gasteiger partial charge in [0.25, 0.3) is 0 Å². The molecule has 10 nitrogen and oxygen atoms in total. The van der Waals surface area contributed by atoms with Crippen molar-refractivity contribution >= 4 is 29.2 Å². The summed E-state index contributed by atoms with van der Waals surface area (Å²) in [4.78, 5) is 28.6. The molecule has 0 aliphatic carbocycles. The van der Waals surface area contributed by atoms with E-state index in [1.165, 1.54) is 57.2 Å². The van der Waals surface area contributed by atoms with Crippen LogP contribution in [0.5, 0.6) is 5.75 Å². The number of rotatable bonds is 10. The van der Waals surface area contributed by atoms with Crippen LogP contribution in [0, 0.1) is 0 Å². The number of ether oxygens (including phenoxy) is 1. The summed E-state index contributed by atoms with van der Waals surface area (Å²) in [6.45, 7) is 4.14. The number of nitrogens with one attached hydrogen (secondary N) is 1. The average molecular weight is 515 g/mol. The fraction of sp³-hybridized carbons (Fsp3) is 0.286. The molecule has 1 amide bonds. The summed E-state index contributed by atoms with van der Waals surface area (Å²) in [6, 6.07) is 16.1. The van der Waals surface area contributed by atoms with Gasteiger partial charge in [-0.05, 0) is 68.8 Å². The van der Waals surface area contributed by atoms with Gasteiger partial charge in [-0.1, -0.05) is 18.6 Å². The monoisotopic (exact) mass is 514 g/mol. The fourth-order valence-electron chi connectivity index (χ4n) is 4.51. The topological polar surface area (TPSA) is 117 Å². The summed E-state index contributed by atoms with van der Waals surface area (Å²) >= 11 is 0. The highest BCUT2D eigenvalue weighted by Gasteiger charge is 2.23. The zero-order valence-corrected chi connectivity index (χ0v) is 21.0. The molecule has 2 N–H and O–H groups in total. The maximum absolute atomic E-state index is 12.3. The molecule has 1 saturated heterocycles. The quantitative estimate of drug-likeness (QED) is 0.248. The minimum atomic E-state index is -1.19. The highest BCUT2D eigenvalue weighted by atomic mass is 16.5. The van der Waals surface area contributed by atoms with Gasteiger partial charge in [-0.25, -0.2) is 19.7 Å². The first-order valence-electron chi connectivity index (χ1n) is 12.7. The minimum Gasteiger partial charge on any atom is -0.494 e. The predicted octanol–water partition coefficient (Wildman–Crippen LogP) is 5.95. The molecule has 0 spiro atoms. The number of oxazole rings is 1. The Bertz CT molecular complexity index is 1320. The Kier molecular flexibility index (Phi) is 8.10. The van der Waals surface area contributed by atoms with Gasteiger partial charge in [0, 0.05) is 30.1 Å². The van der Waals surface area contributed by atoms with Crippen LogP contribution in [-0.2, 0) is 0 Å². The van der Waals surface area contributed by atoms with E-state index in [1.807, 2.05) is 24.3 Å². The van der Waals surface area contributed by atoms with Crippen LogP contribution in [0.3, 0.4) is 0 Å². The normalized spacial score (nSPS) is 13.7. The molecular weight excluding hydrogens is 484 g/mol. The predicted molar refractivity (Wildman–Crippen MR) is 144 cm³/mol. The number of amides is 1. The Morgan fingerprint density at radius 3 is 2.66 bits per heavy atom. The summed E-state index contributed by atoms with van der Waals surface area (Å²) in [6.07, 6.45) is 8.10. The van der Waals surface area contributed by atoms with Crippen LogP contribution in [-0.4, -0.2) is 57.3 Å². The summed E-state index contributed by atoms with van der Waals surface area (Å²) < 4.78 is 11.3. The molecule has 2 aromatic heterocycles. The largest absolute Gasteiger partial charge is 0.494 e. The van der Waals surface area contributed by atoms with Crippen LogP contribution in [0.25, 0.3) is 11.3 Å². The van der Waals surface area contributed by atoms with E-state index in [0.717, 1.165) is 29.3 Å². The van der Waals surface area contributed by atoms with Crippen LogP contribution < -0.4 is 15.0 Å². The Balaban J connectivity index is 1.24. The molecule has 2 aromatic carbocycles. The van der Waals surface area contributed by atoms with Gasteiger partial charge in [-0.2, -0.15) is 4.98 Å².